The molecule has 94 valence electrons. The molecule has 0 unspecified atom stereocenters. The Hall–Kier alpha value is -1.03. The predicted molar refractivity (Wildman–Crippen MR) is 60.8 cm³/mol. The molecule has 1 N–H and O–H groups in total. The first-order valence-electron chi connectivity index (χ1n) is 5.89. The topological polar surface area (TPSA) is 12.0 Å². The molecule has 0 atom stereocenters. The van der Waals surface area contributed by atoms with Crippen LogP contribution in [-0.4, -0.2) is 18.3 Å². The summed E-state index contributed by atoms with van der Waals surface area (Å²) in [5.74, 6) is 0. The molecule has 0 spiro atoms. The fraction of sp³-hybridized carbons (Fsp3) is 0.538. The predicted octanol–water partition coefficient (Wildman–Crippen LogP) is 3.30. The lowest BCUT2D eigenvalue weighted by Gasteiger charge is -2.20. The highest BCUT2D eigenvalue weighted by molar-refractivity contribution is 5.14. The Balaban J connectivity index is 1.71. The van der Waals surface area contributed by atoms with Gasteiger partial charge in [-0.15, -0.1) is 0 Å². The van der Waals surface area contributed by atoms with E-state index < -0.39 is 11.7 Å². The van der Waals surface area contributed by atoms with E-state index in [2.05, 4.69) is 5.32 Å². The summed E-state index contributed by atoms with van der Waals surface area (Å²) in [5.41, 5.74) is -0.393. The van der Waals surface area contributed by atoms with Gasteiger partial charge < -0.3 is 5.32 Å². The van der Waals surface area contributed by atoms with Crippen LogP contribution in [0, 0.1) is 0 Å². The normalized spacial score (nSPS) is 18.1. The van der Waals surface area contributed by atoms with E-state index in [1.807, 2.05) is 30.3 Å². The van der Waals surface area contributed by atoms with E-state index in [1.165, 1.54) is 5.56 Å². The molecule has 2 rings (SSSR count). The first-order valence-corrected chi connectivity index (χ1v) is 5.89. The number of aryl methyl sites for hydroxylation is 1. The third kappa shape index (κ3) is 3.00. The van der Waals surface area contributed by atoms with Crippen molar-refractivity contribution in [3.63, 3.8) is 0 Å². The molecule has 17 heavy (non-hydrogen) atoms. The maximum Gasteiger partial charge on any atom is 0.406 e. The minimum Gasteiger partial charge on any atom is -0.304 e. The Kier molecular flexibility index (Phi) is 3.43. The summed E-state index contributed by atoms with van der Waals surface area (Å²) in [6.45, 7) is 0.425. The van der Waals surface area contributed by atoms with Gasteiger partial charge in [-0.3, -0.25) is 0 Å². The summed E-state index contributed by atoms with van der Waals surface area (Å²) in [6.07, 6.45) is -2.09. The summed E-state index contributed by atoms with van der Waals surface area (Å²) in [7, 11) is 0. The average Bonchev–Trinajstić information content (AvgIpc) is 3.06. The Morgan fingerprint density at radius 1 is 1.12 bits per heavy atom. The van der Waals surface area contributed by atoms with Crippen molar-refractivity contribution in [1.82, 2.24) is 5.32 Å². The van der Waals surface area contributed by atoms with Crippen molar-refractivity contribution in [3.05, 3.63) is 35.9 Å². The van der Waals surface area contributed by atoms with E-state index in [0.717, 1.165) is 12.8 Å². The van der Waals surface area contributed by atoms with Gasteiger partial charge in [-0.2, -0.15) is 13.2 Å². The second kappa shape index (κ2) is 4.69. The molecule has 0 aromatic heterocycles. The van der Waals surface area contributed by atoms with Gasteiger partial charge in [0.2, 0.25) is 0 Å². The zero-order valence-electron chi connectivity index (χ0n) is 9.56. The van der Waals surface area contributed by atoms with E-state index in [1.54, 1.807) is 0 Å². The number of alkyl halides is 3. The lowest BCUT2D eigenvalue weighted by atomic mass is 10.1. The van der Waals surface area contributed by atoms with Crippen LogP contribution in [0.25, 0.3) is 0 Å². The molecule has 0 saturated heterocycles. The van der Waals surface area contributed by atoms with Gasteiger partial charge in [-0.25, -0.2) is 0 Å². The molecule has 1 fully saturated rings. The van der Waals surface area contributed by atoms with Gasteiger partial charge in [0, 0.05) is 0 Å². The third-order valence-corrected chi connectivity index (χ3v) is 3.24. The van der Waals surface area contributed by atoms with Crippen LogP contribution in [0.5, 0.6) is 0 Å². The summed E-state index contributed by atoms with van der Waals surface area (Å²) in [5, 5.41) is 2.66. The maximum absolute atomic E-state index is 12.6. The highest BCUT2D eigenvalue weighted by atomic mass is 19.4. The Labute approximate surface area is 99.0 Å². The molecule has 1 nitrogen and oxygen atoms in total. The minimum absolute atomic E-state index is 0.224. The van der Waals surface area contributed by atoms with Gasteiger partial charge in [0.05, 0.1) is 0 Å². The van der Waals surface area contributed by atoms with Gasteiger partial charge in [0.25, 0.3) is 0 Å². The van der Waals surface area contributed by atoms with Crippen LogP contribution in [-0.2, 0) is 6.42 Å². The fourth-order valence-electron chi connectivity index (χ4n) is 1.95. The zero-order chi connectivity index (χ0) is 12.4. The van der Waals surface area contributed by atoms with Crippen LogP contribution in [0.2, 0.25) is 0 Å². The Bertz CT molecular complexity index is 355. The highest BCUT2D eigenvalue weighted by Crippen LogP contribution is 2.48. The van der Waals surface area contributed by atoms with Gasteiger partial charge in [-0.05, 0) is 37.8 Å². The first kappa shape index (κ1) is 12.4. The van der Waals surface area contributed by atoms with E-state index in [4.69, 9.17) is 0 Å². The van der Waals surface area contributed by atoms with Crippen molar-refractivity contribution in [2.75, 3.05) is 6.54 Å². The summed E-state index contributed by atoms with van der Waals surface area (Å²) in [4.78, 5) is 0. The van der Waals surface area contributed by atoms with Crippen molar-refractivity contribution in [3.8, 4) is 0 Å². The minimum atomic E-state index is -4.10. The quantitative estimate of drug-likeness (QED) is 0.782. The van der Waals surface area contributed by atoms with Crippen molar-refractivity contribution in [1.29, 1.82) is 0 Å². The van der Waals surface area contributed by atoms with Crippen LogP contribution in [0.4, 0.5) is 13.2 Å². The smallest absolute Gasteiger partial charge is 0.304 e. The first-order chi connectivity index (χ1) is 8.04. The van der Waals surface area contributed by atoms with Gasteiger partial charge in [0.1, 0.15) is 5.54 Å². The number of halogens is 3. The van der Waals surface area contributed by atoms with Gasteiger partial charge in [-0.1, -0.05) is 30.3 Å². The molecule has 0 bridgehead atoms. The third-order valence-electron chi connectivity index (χ3n) is 3.24. The standard InChI is InChI=1S/C13H16F3N/c14-13(15,16)12(8-9-12)17-10-4-7-11-5-2-1-3-6-11/h1-3,5-6,17H,4,7-10H2. The van der Waals surface area contributed by atoms with E-state index >= 15 is 0 Å². The SMILES string of the molecule is FC(F)(F)C1(NCCCc2ccccc2)CC1. The van der Waals surface area contributed by atoms with Crippen LogP contribution in [0.15, 0.2) is 30.3 Å². The molecular formula is C13H16F3N. The molecule has 0 aliphatic heterocycles. The maximum atomic E-state index is 12.6. The molecular weight excluding hydrogens is 227 g/mol. The number of rotatable bonds is 5. The Morgan fingerprint density at radius 2 is 1.76 bits per heavy atom. The fourth-order valence-corrected chi connectivity index (χ4v) is 1.95. The zero-order valence-corrected chi connectivity index (χ0v) is 9.56. The highest BCUT2D eigenvalue weighted by Gasteiger charge is 2.62. The number of benzene rings is 1. The molecule has 0 radical (unpaired) electrons. The van der Waals surface area contributed by atoms with Crippen molar-refractivity contribution < 1.29 is 13.2 Å². The molecule has 0 amide bonds. The van der Waals surface area contributed by atoms with E-state index in [9.17, 15) is 13.2 Å². The average molecular weight is 243 g/mol. The summed E-state index contributed by atoms with van der Waals surface area (Å²) in [6, 6.07) is 9.82. The molecule has 1 aliphatic carbocycles. The van der Waals surface area contributed by atoms with Crippen LogP contribution < -0.4 is 5.32 Å². The van der Waals surface area contributed by atoms with Crippen molar-refractivity contribution >= 4 is 0 Å². The second-order valence-electron chi connectivity index (χ2n) is 4.60. The molecule has 1 aromatic rings. The molecule has 1 aromatic carbocycles. The van der Waals surface area contributed by atoms with Gasteiger partial charge >= 0.3 is 6.18 Å². The van der Waals surface area contributed by atoms with E-state index in [-0.39, 0.29) is 12.8 Å². The summed E-state index contributed by atoms with van der Waals surface area (Å²) < 4.78 is 37.8. The Morgan fingerprint density at radius 3 is 2.29 bits per heavy atom. The lowest BCUT2D eigenvalue weighted by Crippen LogP contribution is -2.45. The molecule has 4 heteroatoms. The number of nitrogens with one attached hydrogen (secondary N) is 1. The van der Waals surface area contributed by atoms with Crippen LogP contribution in [0.1, 0.15) is 24.8 Å². The van der Waals surface area contributed by atoms with Gasteiger partial charge in [0.15, 0.2) is 0 Å². The van der Waals surface area contributed by atoms with Crippen molar-refractivity contribution in [2.45, 2.75) is 37.4 Å². The van der Waals surface area contributed by atoms with Crippen molar-refractivity contribution in [2.24, 2.45) is 0 Å². The molecule has 0 heterocycles. The lowest BCUT2D eigenvalue weighted by molar-refractivity contribution is -0.165. The van der Waals surface area contributed by atoms with E-state index in [0.29, 0.717) is 6.54 Å². The van der Waals surface area contributed by atoms with Crippen LogP contribution in [0.3, 0.4) is 0 Å². The monoisotopic (exact) mass is 243 g/mol. The summed E-state index contributed by atoms with van der Waals surface area (Å²) >= 11 is 0. The largest absolute Gasteiger partial charge is 0.406 e. The molecule has 1 saturated carbocycles. The van der Waals surface area contributed by atoms with Crippen LogP contribution >= 0.6 is 0 Å². The number of hydrogen-bond acceptors (Lipinski definition) is 1. The second-order valence-corrected chi connectivity index (χ2v) is 4.60. The molecule has 1 aliphatic rings. The number of hydrogen-bond donors (Lipinski definition) is 1.